The lowest BCUT2D eigenvalue weighted by atomic mass is 9.88. The number of nitrogens with zero attached hydrogens (tertiary/aromatic N) is 1. The maximum atomic E-state index is 12.3. The first-order valence-corrected chi connectivity index (χ1v) is 8.59. The Morgan fingerprint density at radius 3 is 2.57 bits per heavy atom. The zero-order valence-corrected chi connectivity index (χ0v) is 13.0. The molecule has 0 heterocycles. The Kier molecular flexibility index (Phi) is 4.89. The fourth-order valence-corrected chi connectivity index (χ4v) is 4.07. The van der Waals surface area contributed by atoms with E-state index < -0.39 is 10.0 Å². The Bertz CT molecular complexity index is 661. The topological polar surface area (TPSA) is 90.2 Å². The average molecular weight is 329 g/mol. The van der Waals surface area contributed by atoms with Crippen LogP contribution in [0.25, 0.3) is 0 Å². The highest BCUT2D eigenvalue weighted by Crippen LogP contribution is 2.37. The first kappa shape index (κ1) is 16.2. The van der Waals surface area contributed by atoms with Crippen LogP contribution in [0.4, 0.5) is 0 Å². The first-order chi connectivity index (χ1) is 9.92. The van der Waals surface area contributed by atoms with Crippen molar-refractivity contribution >= 4 is 21.6 Å². The molecule has 1 aromatic carbocycles. The van der Waals surface area contributed by atoms with Crippen molar-refractivity contribution in [1.29, 1.82) is 5.26 Å². The number of benzene rings is 1. The van der Waals surface area contributed by atoms with Gasteiger partial charge >= 0.3 is 0 Å². The highest BCUT2D eigenvalue weighted by atomic mass is 35.5. The molecule has 0 unspecified atom stereocenters. The summed E-state index contributed by atoms with van der Waals surface area (Å²) in [6.45, 7) is 0.188. The minimum Gasteiger partial charge on any atom is -0.396 e. The molecule has 1 aromatic rings. The first-order valence-electron chi connectivity index (χ1n) is 6.73. The third-order valence-corrected chi connectivity index (χ3v) is 5.72. The van der Waals surface area contributed by atoms with Gasteiger partial charge in [-0.15, -0.1) is 0 Å². The Labute approximate surface area is 129 Å². The maximum Gasteiger partial charge on any atom is 0.240 e. The van der Waals surface area contributed by atoms with Crippen LogP contribution in [0, 0.1) is 16.7 Å². The molecule has 1 aliphatic carbocycles. The van der Waals surface area contributed by atoms with E-state index >= 15 is 0 Å². The third-order valence-electron chi connectivity index (χ3n) is 4.01. The van der Waals surface area contributed by atoms with Gasteiger partial charge in [-0.1, -0.05) is 24.4 Å². The highest BCUT2D eigenvalue weighted by molar-refractivity contribution is 7.89. The summed E-state index contributed by atoms with van der Waals surface area (Å²) in [6.07, 6.45) is 3.65. The molecule has 0 atom stereocenters. The molecule has 0 aliphatic heterocycles. The van der Waals surface area contributed by atoms with Crippen molar-refractivity contribution in [2.24, 2.45) is 5.41 Å². The van der Waals surface area contributed by atoms with Crippen LogP contribution in [0.2, 0.25) is 5.02 Å². The Morgan fingerprint density at radius 1 is 1.38 bits per heavy atom. The average Bonchev–Trinajstić information content (AvgIpc) is 2.95. The van der Waals surface area contributed by atoms with E-state index in [9.17, 15) is 13.5 Å². The largest absolute Gasteiger partial charge is 0.396 e. The van der Waals surface area contributed by atoms with Crippen molar-refractivity contribution in [3.63, 3.8) is 0 Å². The van der Waals surface area contributed by atoms with Gasteiger partial charge in [-0.25, -0.2) is 13.1 Å². The Balaban J connectivity index is 2.15. The Morgan fingerprint density at radius 2 is 2.05 bits per heavy atom. The lowest BCUT2D eigenvalue weighted by Gasteiger charge is -2.26. The van der Waals surface area contributed by atoms with E-state index in [1.165, 1.54) is 18.2 Å². The summed E-state index contributed by atoms with van der Waals surface area (Å²) in [7, 11) is -3.70. The molecule has 5 nitrogen and oxygen atoms in total. The van der Waals surface area contributed by atoms with Gasteiger partial charge in [0, 0.05) is 18.6 Å². The fraction of sp³-hybridized carbons (Fsp3) is 0.500. The lowest BCUT2D eigenvalue weighted by molar-refractivity contribution is 0.134. The number of hydrogen-bond acceptors (Lipinski definition) is 4. The Hall–Kier alpha value is -1.13. The van der Waals surface area contributed by atoms with Crippen LogP contribution in [0.5, 0.6) is 0 Å². The van der Waals surface area contributed by atoms with E-state index in [0.717, 1.165) is 25.7 Å². The zero-order valence-electron chi connectivity index (χ0n) is 11.5. The number of nitriles is 1. The van der Waals surface area contributed by atoms with Gasteiger partial charge in [0.1, 0.15) is 6.07 Å². The predicted molar refractivity (Wildman–Crippen MR) is 79.3 cm³/mol. The molecular formula is C14H17ClN2O3S. The van der Waals surface area contributed by atoms with Crippen molar-refractivity contribution < 1.29 is 13.5 Å². The molecule has 0 saturated heterocycles. The molecule has 0 amide bonds. The van der Waals surface area contributed by atoms with Crippen LogP contribution in [0.15, 0.2) is 23.1 Å². The van der Waals surface area contributed by atoms with Crippen LogP contribution >= 0.6 is 11.6 Å². The minimum atomic E-state index is -3.70. The summed E-state index contributed by atoms with van der Waals surface area (Å²) in [4.78, 5) is 0.0255. The number of aliphatic hydroxyl groups excluding tert-OH is 1. The van der Waals surface area contributed by atoms with Gasteiger partial charge in [0.05, 0.1) is 15.5 Å². The van der Waals surface area contributed by atoms with Crippen molar-refractivity contribution in [1.82, 2.24) is 4.72 Å². The molecule has 114 valence electrons. The fourth-order valence-electron chi connectivity index (χ4n) is 2.60. The molecule has 0 spiro atoms. The molecule has 0 aromatic heterocycles. The van der Waals surface area contributed by atoms with E-state index in [-0.39, 0.29) is 34.0 Å². The van der Waals surface area contributed by atoms with Gasteiger partial charge < -0.3 is 5.11 Å². The van der Waals surface area contributed by atoms with Crippen LogP contribution in [-0.2, 0) is 10.0 Å². The van der Waals surface area contributed by atoms with Crippen LogP contribution in [-0.4, -0.2) is 26.7 Å². The molecule has 0 radical (unpaired) electrons. The molecular weight excluding hydrogens is 312 g/mol. The van der Waals surface area contributed by atoms with Gasteiger partial charge in [0.2, 0.25) is 10.0 Å². The monoisotopic (exact) mass is 328 g/mol. The van der Waals surface area contributed by atoms with Crippen molar-refractivity contribution in [3.05, 3.63) is 28.8 Å². The van der Waals surface area contributed by atoms with Crippen molar-refractivity contribution in [2.75, 3.05) is 13.2 Å². The number of nitrogens with one attached hydrogen (secondary N) is 1. The highest BCUT2D eigenvalue weighted by Gasteiger charge is 2.34. The van der Waals surface area contributed by atoms with Crippen LogP contribution < -0.4 is 4.72 Å². The van der Waals surface area contributed by atoms with E-state index in [1.54, 1.807) is 0 Å². The summed E-state index contributed by atoms with van der Waals surface area (Å²) < 4.78 is 27.1. The zero-order chi connectivity index (χ0) is 15.5. The standard InChI is InChI=1S/C14H17ClN2O3S/c15-13-7-12(4-3-11(13)8-16)21(19,20)17-9-14(10-18)5-1-2-6-14/h3-4,7,17-18H,1-2,5-6,9-10H2. The van der Waals surface area contributed by atoms with Gasteiger partial charge in [-0.05, 0) is 31.0 Å². The number of rotatable bonds is 5. The van der Waals surface area contributed by atoms with E-state index in [1.807, 2.05) is 6.07 Å². The van der Waals surface area contributed by atoms with E-state index in [2.05, 4.69) is 4.72 Å². The second kappa shape index (κ2) is 6.32. The van der Waals surface area contributed by atoms with Gasteiger partial charge in [-0.2, -0.15) is 5.26 Å². The molecule has 2 rings (SSSR count). The SMILES string of the molecule is N#Cc1ccc(S(=O)(=O)NCC2(CO)CCCC2)cc1Cl. The van der Waals surface area contributed by atoms with Crippen molar-refractivity contribution in [3.8, 4) is 6.07 Å². The number of aliphatic hydroxyl groups is 1. The number of halogens is 1. The van der Waals surface area contributed by atoms with Crippen molar-refractivity contribution in [2.45, 2.75) is 30.6 Å². The van der Waals surface area contributed by atoms with E-state index in [4.69, 9.17) is 16.9 Å². The summed E-state index contributed by atoms with van der Waals surface area (Å²) in [5, 5.41) is 18.4. The second-order valence-corrected chi connectivity index (χ2v) is 7.62. The van der Waals surface area contributed by atoms with Gasteiger partial charge in [0.25, 0.3) is 0 Å². The van der Waals surface area contributed by atoms with Crippen LogP contribution in [0.1, 0.15) is 31.2 Å². The summed E-state index contributed by atoms with van der Waals surface area (Å²) >= 11 is 5.86. The van der Waals surface area contributed by atoms with Gasteiger partial charge in [0.15, 0.2) is 0 Å². The molecule has 1 aliphatic rings. The molecule has 0 bridgehead atoms. The predicted octanol–water partition coefficient (Wildman–Crippen LogP) is 2.04. The molecule has 1 saturated carbocycles. The lowest BCUT2D eigenvalue weighted by Crippen LogP contribution is -2.38. The molecule has 2 N–H and O–H groups in total. The maximum absolute atomic E-state index is 12.3. The summed E-state index contributed by atoms with van der Waals surface area (Å²) in [5.74, 6) is 0. The normalized spacial score (nSPS) is 17.6. The quantitative estimate of drug-likeness (QED) is 0.865. The second-order valence-electron chi connectivity index (χ2n) is 5.44. The van der Waals surface area contributed by atoms with E-state index in [0.29, 0.717) is 0 Å². The summed E-state index contributed by atoms with van der Waals surface area (Å²) in [6, 6.07) is 5.89. The summed E-state index contributed by atoms with van der Waals surface area (Å²) in [5.41, 5.74) is -0.123. The number of sulfonamides is 1. The van der Waals surface area contributed by atoms with Crippen LogP contribution in [0.3, 0.4) is 0 Å². The smallest absolute Gasteiger partial charge is 0.240 e. The number of hydrogen-bond donors (Lipinski definition) is 2. The molecule has 1 fully saturated rings. The minimum absolute atomic E-state index is 0.0242. The molecule has 21 heavy (non-hydrogen) atoms. The third kappa shape index (κ3) is 3.55. The van der Waals surface area contributed by atoms with Gasteiger partial charge in [-0.3, -0.25) is 0 Å². The molecule has 7 heteroatoms.